The number of carboxylic acids is 1. The van der Waals surface area contributed by atoms with Crippen LogP contribution in [-0.4, -0.2) is 25.8 Å². The number of hydrogen-bond acceptors (Lipinski definition) is 5. The molecule has 22 heavy (non-hydrogen) atoms. The predicted molar refractivity (Wildman–Crippen MR) is 78.0 cm³/mol. The quantitative estimate of drug-likeness (QED) is 0.876. The van der Waals surface area contributed by atoms with Gasteiger partial charge in [-0.05, 0) is 31.5 Å². The lowest BCUT2D eigenvalue weighted by Crippen LogP contribution is -2.28. The third-order valence-electron chi connectivity index (χ3n) is 3.54. The molecule has 0 spiro atoms. The number of fused-ring (bicyclic) bond motifs is 1. The molecule has 1 unspecified atom stereocenters. The maximum atomic E-state index is 11.7. The van der Waals surface area contributed by atoms with Crippen molar-refractivity contribution in [2.75, 3.05) is 5.32 Å². The second kappa shape index (κ2) is 5.00. The van der Waals surface area contributed by atoms with Crippen LogP contribution in [0.15, 0.2) is 35.5 Å². The molecule has 0 saturated carbocycles. The van der Waals surface area contributed by atoms with E-state index in [4.69, 9.17) is 5.26 Å². The number of hydrogen-bond donors (Lipinski definition) is 2. The highest BCUT2D eigenvalue weighted by Gasteiger charge is 2.33. The number of aryl methyl sites for hydroxylation is 1. The van der Waals surface area contributed by atoms with E-state index in [1.807, 2.05) is 6.07 Å². The van der Waals surface area contributed by atoms with Gasteiger partial charge in [-0.1, -0.05) is 12.1 Å². The maximum absolute atomic E-state index is 11.7. The summed E-state index contributed by atoms with van der Waals surface area (Å²) in [5.41, 5.74) is 2.00. The van der Waals surface area contributed by atoms with Gasteiger partial charge >= 0.3 is 5.97 Å². The smallest absolute Gasteiger partial charge is 0.335 e. The van der Waals surface area contributed by atoms with E-state index >= 15 is 0 Å². The average molecular weight is 295 g/mol. The second-order valence-electron chi connectivity index (χ2n) is 5.03. The van der Waals surface area contributed by atoms with Crippen LogP contribution in [0.25, 0.3) is 0 Å². The Labute approximate surface area is 126 Å². The minimum absolute atomic E-state index is 0.210. The van der Waals surface area contributed by atoms with E-state index in [1.165, 1.54) is 0 Å². The molecule has 2 N–H and O–H groups in total. The Morgan fingerprint density at radius 3 is 2.64 bits per heavy atom. The predicted octanol–water partition coefficient (Wildman–Crippen LogP) is 1.83. The molecule has 2 aromatic rings. The van der Waals surface area contributed by atoms with Crippen molar-refractivity contribution >= 4 is 11.9 Å². The minimum atomic E-state index is -1.02. The first kappa shape index (κ1) is 13.8. The number of nitrogens with one attached hydrogen (secondary N) is 1. The molecule has 3 rings (SSSR count). The van der Waals surface area contributed by atoms with Crippen LogP contribution in [0.5, 0.6) is 0 Å². The number of rotatable bonds is 2. The Bertz CT molecular complexity index is 827. The van der Waals surface area contributed by atoms with Crippen molar-refractivity contribution in [2.45, 2.75) is 19.9 Å². The normalized spacial score (nSPS) is 16.7. The number of carbonyl (C=O) groups is 1. The molecule has 0 aliphatic carbocycles. The van der Waals surface area contributed by atoms with Crippen molar-refractivity contribution < 1.29 is 9.90 Å². The number of anilines is 1. The van der Waals surface area contributed by atoms with Gasteiger partial charge in [0.2, 0.25) is 5.95 Å². The first-order valence-corrected chi connectivity index (χ1v) is 6.65. The highest BCUT2D eigenvalue weighted by atomic mass is 16.4. The number of benzene rings is 1. The lowest BCUT2D eigenvalue weighted by molar-refractivity contribution is -0.133. The van der Waals surface area contributed by atoms with Gasteiger partial charge < -0.3 is 10.4 Å². The molecule has 110 valence electrons. The Hall–Kier alpha value is -3.14. The van der Waals surface area contributed by atoms with Gasteiger partial charge in [0.15, 0.2) is 0 Å². The van der Waals surface area contributed by atoms with Gasteiger partial charge in [0, 0.05) is 5.70 Å². The molecule has 2 heterocycles. The number of nitrogens with zero attached hydrogens (tertiary/aromatic N) is 4. The molecule has 1 aliphatic rings. The van der Waals surface area contributed by atoms with E-state index in [-0.39, 0.29) is 5.57 Å². The lowest BCUT2D eigenvalue weighted by atomic mass is 9.95. The van der Waals surface area contributed by atoms with Gasteiger partial charge in [-0.25, -0.2) is 9.48 Å². The highest BCUT2D eigenvalue weighted by Crippen LogP contribution is 2.34. The van der Waals surface area contributed by atoms with Crippen LogP contribution >= 0.6 is 0 Å². The number of aromatic nitrogens is 3. The van der Waals surface area contributed by atoms with E-state index in [1.54, 1.807) is 42.8 Å². The summed E-state index contributed by atoms with van der Waals surface area (Å²) in [6.45, 7) is 3.45. The molecule has 0 amide bonds. The summed E-state index contributed by atoms with van der Waals surface area (Å²) >= 11 is 0. The Balaban J connectivity index is 2.19. The van der Waals surface area contributed by atoms with E-state index in [9.17, 15) is 9.90 Å². The molecular weight excluding hydrogens is 282 g/mol. The summed E-state index contributed by atoms with van der Waals surface area (Å²) < 4.78 is 1.56. The van der Waals surface area contributed by atoms with Crippen LogP contribution in [-0.2, 0) is 4.79 Å². The first-order valence-electron chi connectivity index (χ1n) is 6.65. The minimum Gasteiger partial charge on any atom is -0.478 e. The van der Waals surface area contributed by atoms with Crippen molar-refractivity contribution in [3.63, 3.8) is 0 Å². The molecule has 0 radical (unpaired) electrons. The van der Waals surface area contributed by atoms with Crippen LogP contribution < -0.4 is 5.32 Å². The van der Waals surface area contributed by atoms with Crippen molar-refractivity contribution in [3.8, 4) is 6.07 Å². The SMILES string of the molecule is CC1=C(C(=O)O)C(c2ccc(C#N)cc2)n2nc(C)nc2N1. The van der Waals surface area contributed by atoms with Crippen molar-refractivity contribution in [3.05, 3.63) is 52.5 Å². The van der Waals surface area contributed by atoms with Crippen molar-refractivity contribution in [1.29, 1.82) is 5.26 Å². The zero-order chi connectivity index (χ0) is 15.9. The standard InChI is InChI=1S/C15H13N5O2/c1-8-12(14(21)22)13(11-5-3-10(7-16)4-6-11)20-15(17-8)18-9(2)19-20/h3-6,13H,1-2H3,(H,21,22)(H,17,18,19). The van der Waals surface area contributed by atoms with E-state index in [2.05, 4.69) is 15.4 Å². The third kappa shape index (κ3) is 2.11. The average Bonchev–Trinajstić information content (AvgIpc) is 2.85. The summed E-state index contributed by atoms with van der Waals surface area (Å²) in [5, 5.41) is 25.7. The van der Waals surface area contributed by atoms with Gasteiger partial charge in [-0.3, -0.25) is 0 Å². The van der Waals surface area contributed by atoms with Crippen LogP contribution in [0, 0.1) is 18.3 Å². The number of carboxylic acid groups (broad SMARTS) is 1. The number of allylic oxidation sites excluding steroid dienone is 1. The van der Waals surface area contributed by atoms with E-state index in [0.29, 0.717) is 23.0 Å². The topological polar surface area (TPSA) is 104 Å². The monoisotopic (exact) mass is 295 g/mol. The zero-order valence-electron chi connectivity index (χ0n) is 12.0. The van der Waals surface area contributed by atoms with E-state index in [0.717, 1.165) is 5.56 Å². The molecule has 1 atom stereocenters. The third-order valence-corrected chi connectivity index (χ3v) is 3.54. The lowest BCUT2D eigenvalue weighted by Gasteiger charge is -2.27. The van der Waals surface area contributed by atoms with Crippen LogP contribution in [0.4, 0.5) is 5.95 Å². The molecule has 1 aliphatic heterocycles. The summed E-state index contributed by atoms with van der Waals surface area (Å²) in [7, 11) is 0. The summed E-state index contributed by atoms with van der Waals surface area (Å²) in [4.78, 5) is 15.9. The van der Waals surface area contributed by atoms with Crippen molar-refractivity contribution in [2.24, 2.45) is 0 Å². The number of nitriles is 1. The zero-order valence-corrected chi connectivity index (χ0v) is 12.0. The molecule has 1 aromatic carbocycles. The maximum Gasteiger partial charge on any atom is 0.335 e. The van der Waals surface area contributed by atoms with Gasteiger partial charge in [0.1, 0.15) is 11.9 Å². The molecule has 0 fully saturated rings. The van der Waals surface area contributed by atoms with Crippen LogP contribution in [0.2, 0.25) is 0 Å². The molecule has 0 bridgehead atoms. The fourth-order valence-electron chi connectivity index (χ4n) is 2.58. The summed E-state index contributed by atoms with van der Waals surface area (Å²) in [6, 6.07) is 8.27. The molecular formula is C15H13N5O2. The fourth-order valence-corrected chi connectivity index (χ4v) is 2.58. The molecule has 7 heteroatoms. The van der Waals surface area contributed by atoms with Gasteiger partial charge in [-0.15, -0.1) is 0 Å². The summed E-state index contributed by atoms with van der Waals surface area (Å²) in [6.07, 6.45) is 0. The fraction of sp³-hybridized carbons (Fsp3) is 0.200. The summed E-state index contributed by atoms with van der Waals surface area (Å²) in [5.74, 6) is 0.0492. The first-order chi connectivity index (χ1) is 10.5. The highest BCUT2D eigenvalue weighted by molar-refractivity contribution is 5.90. The molecule has 0 saturated heterocycles. The Morgan fingerprint density at radius 1 is 1.36 bits per heavy atom. The van der Waals surface area contributed by atoms with Crippen LogP contribution in [0.1, 0.15) is 29.9 Å². The number of aliphatic carboxylic acids is 1. The Morgan fingerprint density at radius 2 is 2.05 bits per heavy atom. The second-order valence-corrected chi connectivity index (χ2v) is 5.03. The van der Waals surface area contributed by atoms with Gasteiger partial charge in [-0.2, -0.15) is 15.3 Å². The van der Waals surface area contributed by atoms with Gasteiger partial charge in [0.25, 0.3) is 0 Å². The van der Waals surface area contributed by atoms with Crippen molar-refractivity contribution in [1.82, 2.24) is 14.8 Å². The molecule has 1 aromatic heterocycles. The van der Waals surface area contributed by atoms with Gasteiger partial charge in [0.05, 0.1) is 17.2 Å². The van der Waals surface area contributed by atoms with E-state index < -0.39 is 12.0 Å². The molecule has 7 nitrogen and oxygen atoms in total. The van der Waals surface area contributed by atoms with Crippen LogP contribution in [0.3, 0.4) is 0 Å². The Kier molecular flexibility index (Phi) is 3.14. The largest absolute Gasteiger partial charge is 0.478 e.